The van der Waals surface area contributed by atoms with E-state index < -0.39 is 13.9 Å². The summed E-state index contributed by atoms with van der Waals surface area (Å²) in [5, 5.41) is 0. The molecule has 5 heteroatoms. The van der Waals surface area contributed by atoms with Crippen LogP contribution < -0.4 is 0 Å². The van der Waals surface area contributed by atoms with Gasteiger partial charge in [-0.1, -0.05) is 0 Å². The van der Waals surface area contributed by atoms with Crippen molar-refractivity contribution in [3.05, 3.63) is 6.92 Å². The summed E-state index contributed by atoms with van der Waals surface area (Å²) in [6.07, 6.45) is -0.531. The molecule has 0 aliphatic carbocycles. The largest absolute Gasteiger partial charge is 0.369 e. The first-order chi connectivity index (χ1) is 3.56. The molecule has 0 unspecified atom stereocenters. The van der Waals surface area contributed by atoms with Crippen LogP contribution in [0.5, 0.6) is 0 Å². The maximum absolute atomic E-state index is 9.93. The monoisotopic (exact) mass is 139 g/mol. The second-order valence-electron chi connectivity index (χ2n) is 1.20. The van der Waals surface area contributed by atoms with Crippen LogP contribution in [0, 0.1) is 6.92 Å². The third kappa shape index (κ3) is 6.11. The molecule has 0 aliphatic rings. The van der Waals surface area contributed by atoms with Gasteiger partial charge in [-0.05, 0) is 6.92 Å². The van der Waals surface area contributed by atoms with Crippen molar-refractivity contribution < 1.29 is 19.1 Å². The van der Waals surface area contributed by atoms with E-state index in [9.17, 15) is 4.57 Å². The molecule has 0 fully saturated rings. The summed E-state index contributed by atoms with van der Waals surface area (Å²) in [5.41, 5.74) is 0. The molecular formula is C3H8O4P. The van der Waals surface area contributed by atoms with Gasteiger partial charge in [0.25, 0.3) is 0 Å². The van der Waals surface area contributed by atoms with E-state index in [1.54, 1.807) is 0 Å². The van der Waals surface area contributed by atoms with Gasteiger partial charge in [-0.2, -0.15) is 0 Å². The first-order valence-electron chi connectivity index (χ1n) is 1.98. The maximum Gasteiger partial charge on any atom is 0.350 e. The van der Waals surface area contributed by atoms with Crippen LogP contribution in [0.15, 0.2) is 0 Å². The Kier molecular flexibility index (Phi) is 3.24. The van der Waals surface area contributed by atoms with Gasteiger partial charge in [-0.15, -0.1) is 0 Å². The Morgan fingerprint density at radius 2 is 2.12 bits per heavy atom. The molecule has 0 bridgehead atoms. The lowest BCUT2D eigenvalue weighted by Crippen LogP contribution is -1.93. The first kappa shape index (κ1) is 8.11. The van der Waals surface area contributed by atoms with Gasteiger partial charge in [0.1, 0.15) is 6.35 Å². The van der Waals surface area contributed by atoms with Crippen molar-refractivity contribution in [2.75, 3.05) is 13.0 Å². The maximum atomic E-state index is 9.93. The Morgan fingerprint density at radius 3 is 2.25 bits per heavy atom. The van der Waals surface area contributed by atoms with Gasteiger partial charge < -0.3 is 14.5 Å². The molecule has 0 spiro atoms. The molecule has 0 aromatic carbocycles. The van der Waals surface area contributed by atoms with Crippen molar-refractivity contribution in [1.82, 2.24) is 0 Å². The fourth-order valence-corrected chi connectivity index (χ4v) is 0.550. The average Bonchev–Trinajstić information content (AvgIpc) is 1.59. The lowest BCUT2D eigenvalue weighted by Gasteiger charge is -2.00. The van der Waals surface area contributed by atoms with E-state index in [-0.39, 0.29) is 6.61 Å². The molecule has 0 atom stereocenters. The summed E-state index contributed by atoms with van der Waals surface area (Å²) >= 11 is 0. The Hall–Kier alpha value is 0.110. The highest BCUT2D eigenvalue weighted by Gasteiger charge is 2.10. The molecule has 2 N–H and O–H groups in total. The lowest BCUT2D eigenvalue weighted by atomic mass is 10.9. The molecule has 49 valence electrons. The zero-order chi connectivity index (χ0) is 6.62. The molecule has 0 amide bonds. The van der Waals surface area contributed by atoms with Crippen LogP contribution in [-0.4, -0.2) is 22.7 Å². The van der Waals surface area contributed by atoms with E-state index in [1.807, 2.05) is 0 Å². The third-order valence-electron chi connectivity index (χ3n) is 0.404. The van der Waals surface area contributed by atoms with Gasteiger partial charge in [0, 0.05) is 6.61 Å². The molecule has 0 saturated carbocycles. The predicted octanol–water partition coefficient (Wildman–Crippen LogP) is -0.0277. The fraction of sp³-hybridized carbons (Fsp3) is 0.667. The molecular weight excluding hydrogens is 131 g/mol. The van der Waals surface area contributed by atoms with E-state index in [1.165, 1.54) is 0 Å². The van der Waals surface area contributed by atoms with Gasteiger partial charge in [0.15, 0.2) is 0 Å². The van der Waals surface area contributed by atoms with E-state index in [4.69, 9.17) is 9.79 Å². The third-order valence-corrected chi connectivity index (χ3v) is 0.923. The first-order valence-corrected chi connectivity index (χ1v) is 3.77. The summed E-state index contributed by atoms with van der Waals surface area (Å²) in [7, 11) is -3.94. The van der Waals surface area contributed by atoms with E-state index in [0.29, 0.717) is 0 Å². The van der Waals surface area contributed by atoms with Crippen molar-refractivity contribution in [1.29, 1.82) is 0 Å². The van der Waals surface area contributed by atoms with Crippen LogP contribution in [-0.2, 0) is 9.30 Å². The van der Waals surface area contributed by atoms with E-state index >= 15 is 0 Å². The summed E-state index contributed by atoms with van der Waals surface area (Å²) in [5.74, 6) is 0. The highest BCUT2D eigenvalue weighted by atomic mass is 31.2. The van der Waals surface area contributed by atoms with Crippen LogP contribution >= 0.6 is 7.60 Å². The average molecular weight is 139 g/mol. The Morgan fingerprint density at radius 1 is 1.62 bits per heavy atom. The number of ether oxygens (including phenoxy) is 1. The minimum atomic E-state index is -3.94. The molecule has 0 saturated heterocycles. The zero-order valence-corrected chi connectivity index (χ0v) is 5.17. The zero-order valence-electron chi connectivity index (χ0n) is 4.28. The van der Waals surface area contributed by atoms with Crippen molar-refractivity contribution in [2.24, 2.45) is 0 Å². The van der Waals surface area contributed by atoms with Gasteiger partial charge in [0.2, 0.25) is 0 Å². The summed E-state index contributed by atoms with van der Waals surface area (Å²) < 4.78 is 14.3. The lowest BCUT2D eigenvalue weighted by molar-refractivity contribution is 0.183. The summed E-state index contributed by atoms with van der Waals surface area (Å²) in [6.45, 7) is 3.31. The molecule has 4 nitrogen and oxygen atoms in total. The molecule has 0 aromatic heterocycles. The SMILES string of the molecule is [CH2]COCP(=O)(O)O. The van der Waals surface area contributed by atoms with Gasteiger partial charge >= 0.3 is 7.60 Å². The number of hydrogen-bond acceptors (Lipinski definition) is 2. The second-order valence-corrected chi connectivity index (χ2v) is 2.79. The number of rotatable bonds is 3. The van der Waals surface area contributed by atoms with Crippen molar-refractivity contribution in [3.63, 3.8) is 0 Å². The number of hydrogen-bond donors (Lipinski definition) is 2. The van der Waals surface area contributed by atoms with Crippen molar-refractivity contribution in [3.8, 4) is 0 Å². The molecule has 8 heavy (non-hydrogen) atoms. The minimum absolute atomic E-state index is 0.0884. The van der Waals surface area contributed by atoms with Gasteiger partial charge in [0.05, 0.1) is 0 Å². The Bertz CT molecular complexity index is 95.5. The van der Waals surface area contributed by atoms with Crippen LogP contribution in [0.1, 0.15) is 0 Å². The topological polar surface area (TPSA) is 66.8 Å². The van der Waals surface area contributed by atoms with E-state index in [0.717, 1.165) is 0 Å². The fourth-order valence-electron chi connectivity index (χ4n) is 0.183. The van der Waals surface area contributed by atoms with E-state index in [2.05, 4.69) is 11.7 Å². The summed E-state index contributed by atoms with van der Waals surface area (Å²) in [4.78, 5) is 16.2. The Balaban J connectivity index is 3.26. The predicted molar refractivity (Wildman–Crippen MR) is 28.2 cm³/mol. The Labute approximate surface area is 47.6 Å². The van der Waals surface area contributed by atoms with Crippen LogP contribution in [0.4, 0.5) is 0 Å². The minimum Gasteiger partial charge on any atom is -0.369 e. The summed E-state index contributed by atoms with van der Waals surface area (Å²) in [6, 6.07) is 0. The second kappa shape index (κ2) is 3.20. The smallest absolute Gasteiger partial charge is 0.350 e. The molecule has 0 rings (SSSR count). The van der Waals surface area contributed by atoms with Crippen LogP contribution in [0.2, 0.25) is 0 Å². The van der Waals surface area contributed by atoms with Gasteiger partial charge in [-0.25, -0.2) is 0 Å². The molecule has 0 aromatic rings. The molecule has 0 heterocycles. The van der Waals surface area contributed by atoms with Crippen molar-refractivity contribution >= 4 is 7.60 Å². The standard InChI is InChI=1S/C3H8O4P/c1-2-7-3-8(4,5)6/h1-3H2,(H2,4,5,6). The van der Waals surface area contributed by atoms with Crippen molar-refractivity contribution in [2.45, 2.75) is 0 Å². The normalized spacial score (nSPS) is 11.9. The van der Waals surface area contributed by atoms with Crippen LogP contribution in [0.3, 0.4) is 0 Å². The van der Waals surface area contributed by atoms with Crippen LogP contribution in [0.25, 0.3) is 0 Å². The van der Waals surface area contributed by atoms with Gasteiger partial charge in [-0.3, -0.25) is 4.57 Å². The molecule has 1 radical (unpaired) electrons. The quantitative estimate of drug-likeness (QED) is 0.539. The highest BCUT2D eigenvalue weighted by molar-refractivity contribution is 7.51. The molecule has 0 aliphatic heterocycles. The highest BCUT2D eigenvalue weighted by Crippen LogP contribution is 2.33.